The van der Waals surface area contributed by atoms with Crippen LogP contribution in [0.15, 0.2) is 16.8 Å². The minimum Gasteiger partial charge on any atom is -0.339 e. The highest BCUT2D eigenvalue weighted by Crippen LogP contribution is 2.24. The molecule has 2 N–H and O–H groups in total. The van der Waals surface area contributed by atoms with E-state index in [1.165, 1.54) is 0 Å². The summed E-state index contributed by atoms with van der Waals surface area (Å²) in [6, 6.07) is 1.92. The Morgan fingerprint density at radius 3 is 2.71 bits per heavy atom. The van der Waals surface area contributed by atoms with Gasteiger partial charge in [0.15, 0.2) is 5.65 Å². The first-order valence-corrected chi connectivity index (χ1v) is 6.89. The molecule has 0 amide bonds. The zero-order chi connectivity index (χ0) is 15.1. The molecule has 7 heteroatoms. The van der Waals surface area contributed by atoms with Gasteiger partial charge in [-0.1, -0.05) is 12.1 Å². The lowest BCUT2D eigenvalue weighted by Crippen LogP contribution is -2.22. The van der Waals surface area contributed by atoms with Gasteiger partial charge < -0.3 is 10.3 Å². The van der Waals surface area contributed by atoms with Crippen molar-refractivity contribution in [2.45, 2.75) is 39.7 Å². The van der Waals surface area contributed by atoms with Gasteiger partial charge in [0.25, 0.3) is 0 Å². The highest BCUT2D eigenvalue weighted by Gasteiger charge is 2.21. The molecule has 0 spiro atoms. The van der Waals surface area contributed by atoms with E-state index in [2.05, 4.69) is 20.2 Å². The van der Waals surface area contributed by atoms with Crippen molar-refractivity contribution in [2.75, 3.05) is 0 Å². The van der Waals surface area contributed by atoms with Gasteiger partial charge in [-0.3, -0.25) is 0 Å². The van der Waals surface area contributed by atoms with Crippen molar-refractivity contribution in [3.05, 3.63) is 29.5 Å². The third kappa shape index (κ3) is 2.29. The maximum Gasteiger partial charge on any atom is 0.231 e. The Kier molecular flexibility index (Phi) is 3.21. The highest BCUT2D eigenvalue weighted by atomic mass is 16.5. The number of aryl methyl sites for hydroxylation is 2. The van der Waals surface area contributed by atoms with Crippen LogP contribution in [0.1, 0.15) is 37.0 Å². The molecule has 3 aromatic rings. The van der Waals surface area contributed by atoms with Crippen molar-refractivity contribution in [1.82, 2.24) is 24.7 Å². The second-order valence-corrected chi connectivity index (χ2v) is 5.44. The third-order valence-electron chi connectivity index (χ3n) is 3.64. The van der Waals surface area contributed by atoms with Gasteiger partial charge in [-0.05, 0) is 26.8 Å². The van der Waals surface area contributed by atoms with Gasteiger partial charge in [-0.15, -0.1) is 0 Å². The first-order valence-electron chi connectivity index (χ1n) is 6.89. The van der Waals surface area contributed by atoms with Gasteiger partial charge >= 0.3 is 0 Å². The molecule has 3 heterocycles. The molecule has 2 atom stereocenters. The lowest BCUT2D eigenvalue weighted by atomic mass is 10.1. The van der Waals surface area contributed by atoms with Crippen LogP contribution in [0.4, 0.5) is 0 Å². The second kappa shape index (κ2) is 4.92. The second-order valence-electron chi connectivity index (χ2n) is 5.44. The molecule has 21 heavy (non-hydrogen) atoms. The van der Waals surface area contributed by atoms with Crippen LogP contribution in [0.2, 0.25) is 0 Å². The van der Waals surface area contributed by atoms with E-state index < -0.39 is 0 Å². The lowest BCUT2D eigenvalue weighted by molar-refractivity contribution is 0.347. The van der Waals surface area contributed by atoms with E-state index >= 15 is 0 Å². The fourth-order valence-corrected chi connectivity index (χ4v) is 2.18. The topological polar surface area (TPSA) is 95.1 Å². The van der Waals surface area contributed by atoms with Gasteiger partial charge in [0.05, 0.1) is 17.7 Å². The van der Waals surface area contributed by atoms with Crippen LogP contribution in [0.5, 0.6) is 0 Å². The van der Waals surface area contributed by atoms with Crippen LogP contribution in [-0.4, -0.2) is 30.8 Å². The van der Waals surface area contributed by atoms with Crippen LogP contribution >= 0.6 is 0 Å². The normalized spacial score (nSPS) is 14.5. The first kappa shape index (κ1) is 13.7. The van der Waals surface area contributed by atoms with Crippen LogP contribution in [0.3, 0.4) is 0 Å². The average Bonchev–Trinajstić information content (AvgIpc) is 3.03. The first-order chi connectivity index (χ1) is 9.97. The number of rotatable bonds is 3. The maximum absolute atomic E-state index is 5.87. The van der Waals surface area contributed by atoms with Crippen molar-refractivity contribution >= 4 is 5.65 Å². The number of fused-ring (bicyclic) bond motifs is 1. The number of hydrogen-bond acceptors (Lipinski definition) is 6. The van der Waals surface area contributed by atoms with Crippen molar-refractivity contribution in [2.24, 2.45) is 5.73 Å². The van der Waals surface area contributed by atoms with E-state index in [1.807, 2.05) is 33.8 Å². The van der Waals surface area contributed by atoms with Gasteiger partial charge in [-0.25, -0.2) is 9.50 Å². The molecule has 0 saturated heterocycles. The summed E-state index contributed by atoms with van der Waals surface area (Å²) in [6.07, 6.45) is 1.71. The van der Waals surface area contributed by atoms with Crippen molar-refractivity contribution in [3.63, 3.8) is 0 Å². The van der Waals surface area contributed by atoms with E-state index in [9.17, 15) is 0 Å². The molecule has 110 valence electrons. The Balaban J connectivity index is 2.09. The van der Waals surface area contributed by atoms with E-state index in [0.717, 1.165) is 22.6 Å². The lowest BCUT2D eigenvalue weighted by Gasteiger charge is -2.09. The molecule has 0 bridgehead atoms. The molecule has 7 nitrogen and oxygen atoms in total. The maximum atomic E-state index is 5.87. The van der Waals surface area contributed by atoms with Crippen LogP contribution in [-0.2, 0) is 0 Å². The molecule has 0 aliphatic rings. The molecule has 2 unspecified atom stereocenters. The number of nitrogens with two attached hydrogens (primary N) is 1. The summed E-state index contributed by atoms with van der Waals surface area (Å²) in [5.74, 6) is 1.03. The largest absolute Gasteiger partial charge is 0.339 e. The summed E-state index contributed by atoms with van der Waals surface area (Å²) >= 11 is 0. The Morgan fingerprint density at radius 2 is 2.00 bits per heavy atom. The van der Waals surface area contributed by atoms with Gasteiger partial charge in [0, 0.05) is 17.4 Å². The zero-order valence-electron chi connectivity index (χ0n) is 12.5. The summed E-state index contributed by atoms with van der Waals surface area (Å²) in [5.41, 5.74) is 9.29. The summed E-state index contributed by atoms with van der Waals surface area (Å²) in [6.45, 7) is 7.81. The Hall–Kier alpha value is -2.28. The Bertz CT molecular complexity index is 788. The van der Waals surface area contributed by atoms with Crippen LogP contribution in [0, 0.1) is 13.8 Å². The molecule has 3 rings (SSSR count). The van der Waals surface area contributed by atoms with Gasteiger partial charge in [-0.2, -0.15) is 10.1 Å². The van der Waals surface area contributed by atoms with Crippen LogP contribution in [0.25, 0.3) is 17.0 Å². The highest BCUT2D eigenvalue weighted by molar-refractivity contribution is 5.72. The Morgan fingerprint density at radius 1 is 1.24 bits per heavy atom. The van der Waals surface area contributed by atoms with Crippen LogP contribution < -0.4 is 5.73 Å². The molecular formula is C14H18N6O. The van der Waals surface area contributed by atoms with E-state index in [-0.39, 0.29) is 12.0 Å². The zero-order valence-corrected chi connectivity index (χ0v) is 12.5. The summed E-state index contributed by atoms with van der Waals surface area (Å²) < 4.78 is 7.09. The van der Waals surface area contributed by atoms with Crippen molar-refractivity contribution in [1.29, 1.82) is 0 Å². The summed E-state index contributed by atoms with van der Waals surface area (Å²) in [7, 11) is 0. The molecule has 0 fully saturated rings. The quantitative estimate of drug-likeness (QED) is 0.789. The smallest absolute Gasteiger partial charge is 0.231 e. The molecule has 3 aromatic heterocycles. The van der Waals surface area contributed by atoms with E-state index in [4.69, 9.17) is 10.3 Å². The fourth-order valence-electron chi connectivity index (χ4n) is 2.18. The van der Waals surface area contributed by atoms with Crippen molar-refractivity contribution in [3.8, 4) is 11.4 Å². The minimum absolute atomic E-state index is 0.00419. The number of hydrogen-bond donors (Lipinski definition) is 1. The summed E-state index contributed by atoms with van der Waals surface area (Å²) in [4.78, 5) is 8.95. The SMILES string of the molecule is Cc1cc(C)n2ncc(-c3noc(C(C)C(C)N)n3)c2n1. The molecular weight excluding hydrogens is 268 g/mol. The summed E-state index contributed by atoms with van der Waals surface area (Å²) in [5, 5.41) is 8.37. The standard InChI is InChI=1S/C14H18N6O/c1-7-5-8(2)20-13(17-7)11(6-16-20)12-18-14(21-19-12)9(3)10(4)15/h5-6,9-10H,15H2,1-4H3. The van der Waals surface area contributed by atoms with Gasteiger partial charge in [0.2, 0.25) is 11.7 Å². The number of nitrogens with zero attached hydrogens (tertiary/aromatic N) is 5. The third-order valence-corrected chi connectivity index (χ3v) is 3.64. The monoisotopic (exact) mass is 286 g/mol. The molecule has 0 aliphatic carbocycles. The van der Waals surface area contributed by atoms with E-state index in [0.29, 0.717) is 11.7 Å². The van der Waals surface area contributed by atoms with E-state index in [1.54, 1.807) is 10.7 Å². The molecule has 0 saturated carbocycles. The molecule has 0 aromatic carbocycles. The van der Waals surface area contributed by atoms with Gasteiger partial charge in [0.1, 0.15) is 0 Å². The molecule has 0 aliphatic heterocycles. The average molecular weight is 286 g/mol. The fraction of sp³-hybridized carbons (Fsp3) is 0.429. The Labute approximate surface area is 122 Å². The molecule has 0 radical (unpaired) electrons. The van der Waals surface area contributed by atoms with Crippen molar-refractivity contribution < 1.29 is 4.52 Å². The minimum atomic E-state index is -0.0511. The predicted octanol–water partition coefficient (Wildman–Crippen LogP) is 1.85. The predicted molar refractivity (Wildman–Crippen MR) is 77.8 cm³/mol. The number of aromatic nitrogens is 5.